The van der Waals surface area contributed by atoms with Gasteiger partial charge in [0, 0.05) is 11.3 Å². The number of anilines is 1. The first-order valence-corrected chi connectivity index (χ1v) is 7.77. The van der Waals surface area contributed by atoms with Crippen LogP contribution in [0.2, 0.25) is 0 Å². The Kier molecular flexibility index (Phi) is 4.15. The molecular formula is C19H21N3O. The van der Waals surface area contributed by atoms with Crippen molar-refractivity contribution in [3.63, 3.8) is 0 Å². The van der Waals surface area contributed by atoms with Gasteiger partial charge in [-0.2, -0.15) is 0 Å². The first-order valence-electron chi connectivity index (χ1n) is 7.77. The van der Waals surface area contributed by atoms with Gasteiger partial charge in [0.1, 0.15) is 6.04 Å². The topological polar surface area (TPSA) is 51.0 Å². The van der Waals surface area contributed by atoms with Crippen LogP contribution in [0.25, 0.3) is 11.5 Å². The van der Waals surface area contributed by atoms with Crippen LogP contribution in [-0.4, -0.2) is 10.2 Å². The minimum absolute atomic E-state index is 0.0526. The fourth-order valence-electron chi connectivity index (χ4n) is 2.45. The maximum atomic E-state index is 5.83. The normalized spacial score (nSPS) is 12.2. The van der Waals surface area contributed by atoms with Crippen molar-refractivity contribution in [1.82, 2.24) is 10.2 Å². The lowest BCUT2D eigenvalue weighted by Crippen LogP contribution is -2.07. The average Bonchev–Trinajstić information content (AvgIpc) is 3.01. The van der Waals surface area contributed by atoms with Crippen molar-refractivity contribution >= 4 is 5.69 Å². The first kappa shape index (κ1) is 15.3. The zero-order valence-electron chi connectivity index (χ0n) is 13.9. The van der Waals surface area contributed by atoms with Gasteiger partial charge in [-0.25, -0.2) is 0 Å². The summed E-state index contributed by atoms with van der Waals surface area (Å²) in [7, 11) is 0. The van der Waals surface area contributed by atoms with Crippen molar-refractivity contribution < 1.29 is 4.42 Å². The van der Waals surface area contributed by atoms with Crippen LogP contribution in [0, 0.1) is 20.8 Å². The second-order valence-electron chi connectivity index (χ2n) is 5.98. The summed E-state index contributed by atoms with van der Waals surface area (Å²) in [5.74, 6) is 1.14. The van der Waals surface area contributed by atoms with Crippen LogP contribution in [0.3, 0.4) is 0 Å². The van der Waals surface area contributed by atoms with Gasteiger partial charge in [0.2, 0.25) is 11.8 Å². The van der Waals surface area contributed by atoms with Crippen LogP contribution in [0.4, 0.5) is 5.69 Å². The molecule has 2 aromatic carbocycles. The fraction of sp³-hybridized carbons (Fsp3) is 0.263. The van der Waals surface area contributed by atoms with Gasteiger partial charge in [-0.3, -0.25) is 0 Å². The predicted molar refractivity (Wildman–Crippen MR) is 92.4 cm³/mol. The standard InChI is InChI=1S/C19H21N3O/c1-12-6-5-7-16(10-12)19-22-21-18(23-19)15(4)20-17-9-8-13(2)14(3)11-17/h5-11,15,20H,1-4H3/t15-/m0/s1. The number of benzene rings is 2. The van der Waals surface area contributed by atoms with Crippen molar-refractivity contribution in [2.75, 3.05) is 5.32 Å². The molecule has 3 rings (SSSR count). The van der Waals surface area contributed by atoms with Crippen molar-refractivity contribution in [3.8, 4) is 11.5 Å². The Balaban J connectivity index is 1.78. The summed E-state index contributed by atoms with van der Waals surface area (Å²) < 4.78 is 5.83. The monoisotopic (exact) mass is 307 g/mol. The molecule has 4 heteroatoms. The molecule has 23 heavy (non-hydrogen) atoms. The molecule has 4 nitrogen and oxygen atoms in total. The Morgan fingerprint density at radius 2 is 1.78 bits per heavy atom. The van der Waals surface area contributed by atoms with Crippen LogP contribution in [0.5, 0.6) is 0 Å². The van der Waals surface area contributed by atoms with Gasteiger partial charge in [-0.15, -0.1) is 10.2 Å². The summed E-state index contributed by atoms with van der Waals surface area (Å²) in [6.07, 6.45) is 0. The molecule has 1 N–H and O–H groups in total. The van der Waals surface area contributed by atoms with Crippen LogP contribution < -0.4 is 5.32 Å². The minimum atomic E-state index is -0.0526. The summed E-state index contributed by atoms with van der Waals surface area (Å²) >= 11 is 0. The highest BCUT2D eigenvalue weighted by Gasteiger charge is 2.15. The maximum Gasteiger partial charge on any atom is 0.247 e. The molecule has 1 aromatic heterocycles. The number of nitrogens with one attached hydrogen (secondary N) is 1. The van der Waals surface area contributed by atoms with Gasteiger partial charge in [-0.05, 0) is 63.1 Å². The van der Waals surface area contributed by atoms with E-state index in [-0.39, 0.29) is 6.04 Å². The lowest BCUT2D eigenvalue weighted by atomic mass is 10.1. The molecule has 0 spiro atoms. The van der Waals surface area contributed by atoms with Crippen LogP contribution in [0.15, 0.2) is 46.9 Å². The third kappa shape index (κ3) is 3.42. The Morgan fingerprint density at radius 1 is 0.957 bits per heavy atom. The molecule has 0 radical (unpaired) electrons. The SMILES string of the molecule is Cc1cccc(-c2nnc([C@H](C)Nc3ccc(C)c(C)c3)o2)c1. The third-order valence-corrected chi connectivity index (χ3v) is 3.97. The lowest BCUT2D eigenvalue weighted by molar-refractivity contribution is 0.485. The van der Waals surface area contributed by atoms with E-state index in [4.69, 9.17) is 4.42 Å². The second-order valence-corrected chi connectivity index (χ2v) is 5.98. The summed E-state index contributed by atoms with van der Waals surface area (Å²) in [6.45, 7) is 8.27. The Hall–Kier alpha value is -2.62. The van der Waals surface area contributed by atoms with Crippen LogP contribution >= 0.6 is 0 Å². The molecule has 3 aromatic rings. The third-order valence-electron chi connectivity index (χ3n) is 3.97. The average molecular weight is 307 g/mol. The van der Waals surface area contributed by atoms with Gasteiger partial charge < -0.3 is 9.73 Å². The molecule has 0 amide bonds. The second kappa shape index (κ2) is 6.24. The van der Waals surface area contributed by atoms with E-state index < -0.39 is 0 Å². The van der Waals surface area contributed by atoms with Gasteiger partial charge >= 0.3 is 0 Å². The van der Waals surface area contributed by atoms with Crippen molar-refractivity contribution in [1.29, 1.82) is 0 Å². The molecule has 1 heterocycles. The molecule has 0 unspecified atom stereocenters. The number of hydrogen-bond donors (Lipinski definition) is 1. The molecule has 0 aliphatic heterocycles. The molecule has 118 valence electrons. The maximum absolute atomic E-state index is 5.83. The van der Waals surface area contributed by atoms with Crippen LogP contribution in [-0.2, 0) is 0 Å². The van der Waals surface area contributed by atoms with E-state index in [9.17, 15) is 0 Å². The molecule has 0 saturated carbocycles. The van der Waals surface area contributed by atoms with E-state index in [1.807, 2.05) is 38.1 Å². The number of aromatic nitrogens is 2. The molecule has 0 saturated heterocycles. The fourth-order valence-corrected chi connectivity index (χ4v) is 2.45. The molecular weight excluding hydrogens is 286 g/mol. The zero-order valence-corrected chi connectivity index (χ0v) is 13.9. The number of aryl methyl sites for hydroxylation is 3. The number of hydrogen-bond acceptors (Lipinski definition) is 4. The highest BCUT2D eigenvalue weighted by atomic mass is 16.4. The summed E-state index contributed by atoms with van der Waals surface area (Å²) in [4.78, 5) is 0. The summed E-state index contributed by atoms with van der Waals surface area (Å²) in [5.41, 5.74) is 5.71. The zero-order chi connectivity index (χ0) is 16.4. The van der Waals surface area contributed by atoms with Crippen molar-refractivity contribution in [3.05, 3.63) is 65.0 Å². The quantitative estimate of drug-likeness (QED) is 0.749. The molecule has 0 bridgehead atoms. The van der Waals surface area contributed by atoms with E-state index in [1.54, 1.807) is 0 Å². The minimum Gasteiger partial charge on any atom is -0.418 e. The van der Waals surface area contributed by atoms with E-state index in [0.29, 0.717) is 11.8 Å². The molecule has 0 aliphatic rings. The first-order chi connectivity index (χ1) is 11.0. The van der Waals surface area contributed by atoms with E-state index in [2.05, 4.69) is 47.6 Å². The Morgan fingerprint density at radius 3 is 2.52 bits per heavy atom. The highest BCUT2D eigenvalue weighted by molar-refractivity contribution is 5.54. The van der Waals surface area contributed by atoms with Gasteiger partial charge in [0.25, 0.3) is 0 Å². The van der Waals surface area contributed by atoms with Gasteiger partial charge in [0.05, 0.1) is 0 Å². The lowest BCUT2D eigenvalue weighted by Gasteiger charge is -2.12. The molecule has 1 atom stereocenters. The van der Waals surface area contributed by atoms with E-state index in [1.165, 1.54) is 16.7 Å². The number of nitrogens with zero attached hydrogens (tertiary/aromatic N) is 2. The van der Waals surface area contributed by atoms with Crippen molar-refractivity contribution in [2.24, 2.45) is 0 Å². The van der Waals surface area contributed by atoms with Gasteiger partial charge in [-0.1, -0.05) is 23.8 Å². The van der Waals surface area contributed by atoms with E-state index in [0.717, 1.165) is 11.3 Å². The summed E-state index contributed by atoms with van der Waals surface area (Å²) in [6, 6.07) is 14.3. The van der Waals surface area contributed by atoms with Crippen LogP contribution in [0.1, 0.15) is 35.5 Å². The summed E-state index contributed by atoms with van der Waals surface area (Å²) in [5, 5.41) is 11.8. The number of rotatable bonds is 4. The highest BCUT2D eigenvalue weighted by Crippen LogP contribution is 2.24. The predicted octanol–water partition coefficient (Wildman–Crippen LogP) is 4.83. The largest absolute Gasteiger partial charge is 0.418 e. The smallest absolute Gasteiger partial charge is 0.247 e. The van der Waals surface area contributed by atoms with Crippen molar-refractivity contribution in [2.45, 2.75) is 33.7 Å². The molecule has 0 aliphatic carbocycles. The Labute approximate surface area is 136 Å². The van der Waals surface area contributed by atoms with Gasteiger partial charge in [0.15, 0.2) is 0 Å². The van der Waals surface area contributed by atoms with E-state index >= 15 is 0 Å². The Bertz CT molecular complexity index is 823. The molecule has 0 fully saturated rings.